The lowest BCUT2D eigenvalue weighted by molar-refractivity contribution is -0.760. The summed E-state index contributed by atoms with van der Waals surface area (Å²) in [4.78, 5) is 28.7. The molecular formula is C23H20FNO5S. The number of halogens is 1. The average molecular weight is 441 g/mol. The van der Waals surface area contributed by atoms with Crippen LogP contribution in [0.15, 0.2) is 42.5 Å². The Labute approximate surface area is 181 Å². The van der Waals surface area contributed by atoms with E-state index in [1.807, 2.05) is 18.2 Å². The molecule has 5 rings (SSSR count). The van der Waals surface area contributed by atoms with Crippen molar-refractivity contribution < 1.29 is 23.8 Å². The van der Waals surface area contributed by atoms with Crippen molar-refractivity contribution in [1.82, 2.24) is 0 Å². The number of fused-ring (bicyclic) bond motifs is 1. The van der Waals surface area contributed by atoms with Crippen LogP contribution in [0.3, 0.4) is 0 Å². The summed E-state index contributed by atoms with van der Waals surface area (Å²) in [5.41, 5.74) is 1.37. The van der Waals surface area contributed by atoms with Gasteiger partial charge in [0, 0.05) is 27.0 Å². The van der Waals surface area contributed by atoms with Gasteiger partial charge in [-0.15, -0.1) is 21.5 Å². The van der Waals surface area contributed by atoms with Crippen molar-refractivity contribution in [1.29, 1.82) is 0 Å². The van der Waals surface area contributed by atoms with Crippen molar-refractivity contribution in [3.8, 4) is 16.9 Å². The predicted octanol–water partition coefficient (Wildman–Crippen LogP) is 5.67. The maximum atomic E-state index is 13.5. The summed E-state index contributed by atoms with van der Waals surface area (Å²) in [5.74, 6) is 0.567. The molecule has 3 aromatic rings. The maximum Gasteiger partial charge on any atom is 0.294 e. The van der Waals surface area contributed by atoms with E-state index < -0.39 is 5.09 Å². The zero-order valence-electron chi connectivity index (χ0n) is 16.6. The molecule has 0 atom stereocenters. The van der Waals surface area contributed by atoms with E-state index in [1.54, 1.807) is 12.1 Å². The molecule has 2 aliphatic carbocycles. The summed E-state index contributed by atoms with van der Waals surface area (Å²) in [6.07, 6.45) is 3.49. The lowest BCUT2D eigenvalue weighted by Gasteiger charge is -2.15. The Bertz CT molecular complexity index is 1160. The Balaban J connectivity index is 1.44. The van der Waals surface area contributed by atoms with Gasteiger partial charge in [-0.2, -0.15) is 0 Å². The molecule has 0 spiro atoms. The number of ketones is 1. The van der Waals surface area contributed by atoms with Crippen molar-refractivity contribution in [2.45, 2.75) is 25.7 Å². The molecule has 2 fully saturated rings. The summed E-state index contributed by atoms with van der Waals surface area (Å²) in [5, 5.41) is 10.6. The number of Topliss-reactive ketones (excluding diaryl/α,β-unsaturated/α-hetero) is 1. The molecule has 6 nitrogen and oxygen atoms in total. The Kier molecular flexibility index (Phi) is 4.89. The largest absolute Gasteiger partial charge is 0.493 e. The van der Waals surface area contributed by atoms with E-state index in [1.165, 1.54) is 23.5 Å². The molecule has 0 aliphatic heterocycles. The van der Waals surface area contributed by atoms with Crippen LogP contribution < -0.4 is 4.74 Å². The fraction of sp³-hybridized carbons (Fsp3) is 0.348. The van der Waals surface area contributed by atoms with Crippen LogP contribution in [0.1, 0.15) is 35.4 Å². The number of ether oxygens (including phenoxy) is 1. The number of benzene rings is 2. The molecule has 2 aliphatic rings. The highest BCUT2D eigenvalue weighted by molar-refractivity contribution is 7.21. The molecular weight excluding hydrogens is 421 g/mol. The lowest BCUT2D eigenvalue weighted by Crippen LogP contribution is -2.21. The highest BCUT2D eigenvalue weighted by Crippen LogP contribution is 2.47. The van der Waals surface area contributed by atoms with E-state index in [4.69, 9.17) is 4.74 Å². The van der Waals surface area contributed by atoms with Gasteiger partial charge in [0.25, 0.3) is 5.09 Å². The molecule has 31 heavy (non-hydrogen) atoms. The second-order valence-corrected chi connectivity index (χ2v) is 9.45. The maximum absolute atomic E-state index is 13.5. The first-order valence-corrected chi connectivity index (χ1v) is 11.0. The number of rotatable bonds is 9. The van der Waals surface area contributed by atoms with E-state index in [0.29, 0.717) is 17.2 Å². The number of hydrogen-bond donors (Lipinski definition) is 0. The monoisotopic (exact) mass is 441 g/mol. The first-order chi connectivity index (χ1) is 14.9. The van der Waals surface area contributed by atoms with Crippen LogP contribution in [-0.4, -0.2) is 24.1 Å². The van der Waals surface area contributed by atoms with Gasteiger partial charge < -0.3 is 9.57 Å². The predicted molar refractivity (Wildman–Crippen MR) is 114 cm³/mol. The Morgan fingerprint density at radius 3 is 2.55 bits per heavy atom. The van der Waals surface area contributed by atoms with Gasteiger partial charge in [-0.25, -0.2) is 4.39 Å². The molecule has 8 heteroatoms. The third kappa shape index (κ3) is 4.12. The van der Waals surface area contributed by atoms with Gasteiger partial charge in [0.1, 0.15) is 18.2 Å². The van der Waals surface area contributed by atoms with Gasteiger partial charge in [-0.3, -0.25) is 4.79 Å². The Morgan fingerprint density at radius 1 is 1.16 bits per heavy atom. The summed E-state index contributed by atoms with van der Waals surface area (Å²) in [6, 6.07) is 11.9. The van der Waals surface area contributed by atoms with Gasteiger partial charge in [0.2, 0.25) is 0 Å². The molecule has 1 heterocycles. The smallest absolute Gasteiger partial charge is 0.294 e. The van der Waals surface area contributed by atoms with E-state index >= 15 is 0 Å². The normalized spacial score (nSPS) is 16.8. The Hall–Kier alpha value is -3.00. The van der Waals surface area contributed by atoms with Gasteiger partial charge in [-0.05, 0) is 61.6 Å². The number of carbonyl (C=O) groups is 1. The minimum atomic E-state index is -0.771. The molecule has 0 N–H and O–H groups in total. The van der Waals surface area contributed by atoms with Gasteiger partial charge in [0.05, 0.1) is 11.5 Å². The highest BCUT2D eigenvalue weighted by Gasteiger charge is 2.44. The molecule has 0 unspecified atom stereocenters. The average Bonchev–Trinajstić information content (AvgIpc) is 3.68. The van der Waals surface area contributed by atoms with E-state index in [2.05, 4.69) is 4.84 Å². The van der Waals surface area contributed by atoms with Crippen molar-refractivity contribution in [3.05, 3.63) is 63.3 Å². The van der Waals surface area contributed by atoms with Crippen LogP contribution in [0.2, 0.25) is 0 Å². The number of nitrogens with zero attached hydrogens (tertiary/aromatic N) is 1. The first-order valence-electron chi connectivity index (χ1n) is 10.2. The third-order valence-electron chi connectivity index (χ3n) is 5.94. The molecule has 2 saturated carbocycles. The van der Waals surface area contributed by atoms with E-state index in [-0.39, 0.29) is 29.5 Å². The Morgan fingerprint density at radius 2 is 1.90 bits per heavy atom. The standard InChI is InChI=1S/C23H20FNO5S/c24-16-5-3-14(4-6-16)20-18-8-7-17(29-12-23(9-10-23)13-30-25(27)28)11-19(18)31-22(20)21(26)15-1-2-15/h3-8,11,15H,1-2,9-10,12-13H2. The topological polar surface area (TPSA) is 78.7 Å². The molecule has 1 aromatic heterocycles. The second-order valence-electron chi connectivity index (χ2n) is 8.40. The van der Waals surface area contributed by atoms with E-state index in [0.717, 1.165) is 46.9 Å². The number of thiophene rings is 1. The minimum absolute atomic E-state index is 0.0377. The zero-order chi connectivity index (χ0) is 21.6. The van der Waals surface area contributed by atoms with Crippen LogP contribution in [0, 0.1) is 27.3 Å². The molecule has 0 radical (unpaired) electrons. The van der Waals surface area contributed by atoms with Crippen LogP contribution in [-0.2, 0) is 4.84 Å². The second kappa shape index (κ2) is 7.60. The van der Waals surface area contributed by atoms with E-state index in [9.17, 15) is 19.3 Å². The van der Waals surface area contributed by atoms with Crippen LogP contribution in [0.4, 0.5) is 4.39 Å². The van der Waals surface area contributed by atoms with Gasteiger partial charge >= 0.3 is 0 Å². The molecule has 0 bridgehead atoms. The van der Waals surface area contributed by atoms with Crippen molar-refractivity contribution in [3.63, 3.8) is 0 Å². The summed E-state index contributed by atoms with van der Waals surface area (Å²) in [6.45, 7) is 0.381. The van der Waals surface area contributed by atoms with Crippen molar-refractivity contribution in [2.75, 3.05) is 13.2 Å². The van der Waals surface area contributed by atoms with Crippen molar-refractivity contribution >= 4 is 27.2 Å². The van der Waals surface area contributed by atoms with Crippen LogP contribution in [0.25, 0.3) is 21.2 Å². The number of carbonyl (C=O) groups excluding carboxylic acids is 1. The number of hydrogen-bond acceptors (Lipinski definition) is 6. The zero-order valence-corrected chi connectivity index (χ0v) is 17.5. The molecule has 0 saturated heterocycles. The molecule has 0 amide bonds. The third-order valence-corrected chi connectivity index (χ3v) is 7.11. The van der Waals surface area contributed by atoms with Crippen molar-refractivity contribution in [2.24, 2.45) is 11.3 Å². The van der Waals surface area contributed by atoms with Crippen LogP contribution >= 0.6 is 11.3 Å². The van der Waals surface area contributed by atoms with Crippen LogP contribution in [0.5, 0.6) is 5.75 Å². The minimum Gasteiger partial charge on any atom is -0.493 e. The fourth-order valence-electron chi connectivity index (χ4n) is 3.71. The van der Waals surface area contributed by atoms with Gasteiger partial charge in [0.15, 0.2) is 5.78 Å². The highest BCUT2D eigenvalue weighted by atomic mass is 32.1. The molecule has 160 valence electrons. The summed E-state index contributed by atoms with van der Waals surface area (Å²) >= 11 is 1.44. The van der Waals surface area contributed by atoms with Gasteiger partial charge in [-0.1, -0.05) is 12.1 Å². The SMILES string of the molecule is O=C(c1sc2cc(OCC3(CO[N+](=O)[O-])CC3)ccc2c1-c1ccc(F)cc1)C1CC1. The molecule has 2 aromatic carbocycles. The first kappa shape index (κ1) is 19.9. The fourth-order valence-corrected chi connectivity index (χ4v) is 4.98. The summed E-state index contributed by atoms with van der Waals surface area (Å²) in [7, 11) is 0. The lowest BCUT2D eigenvalue weighted by atomic mass is 9.99. The quantitative estimate of drug-likeness (QED) is 0.243. The summed E-state index contributed by atoms with van der Waals surface area (Å²) < 4.78 is 20.3.